The molecule has 0 aliphatic heterocycles. The molecule has 0 fully saturated rings. The number of sulfone groups is 1. The Bertz CT molecular complexity index is 1310. The number of azide groups is 1. The Kier molecular flexibility index (Phi) is 4.07. The number of carbonyl (C=O) groups excluding carboxylic acids is 2. The zero-order valence-electron chi connectivity index (χ0n) is 14.2. The van der Waals surface area contributed by atoms with Crippen LogP contribution in [0.15, 0.2) is 81.6 Å². The highest BCUT2D eigenvalue weighted by atomic mass is 32.2. The van der Waals surface area contributed by atoms with E-state index in [-0.39, 0.29) is 37.7 Å². The average Bonchev–Trinajstić information content (AvgIpc) is 2.72. The third kappa shape index (κ3) is 2.51. The first-order chi connectivity index (χ1) is 13.5. The maximum atomic E-state index is 13.1. The lowest BCUT2D eigenvalue weighted by Crippen LogP contribution is -2.21. The van der Waals surface area contributed by atoms with Gasteiger partial charge in [0.1, 0.15) is 0 Å². The maximum Gasteiger partial charge on any atom is 0.207 e. The van der Waals surface area contributed by atoms with Crippen LogP contribution in [-0.4, -0.2) is 20.0 Å². The van der Waals surface area contributed by atoms with Crippen LogP contribution in [0.4, 0.5) is 5.69 Å². The summed E-state index contributed by atoms with van der Waals surface area (Å²) in [5.74, 6) is -0.985. The summed E-state index contributed by atoms with van der Waals surface area (Å²) >= 11 is 0. The van der Waals surface area contributed by atoms with Crippen LogP contribution in [0.5, 0.6) is 0 Å². The summed E-state index contributed by atoms with van der Waals surface area (Å²) in [5, 5.41) is 3.50. The highest BCUT2D eigenvalue weighted by Crippen LogP contribution is 2.39. The van der Waals surface area contributed by atoms with Crippen LogP contribution in [0.2, 0.25) is 0 Å². The predicted octanol–water partition coefficient (Wildman–Crippen LogP) is 4.24. The highest BCUT2D eigenvalue weighted by Gasteiger charge is 2.34. The molecule has 0 amide bonds. The lowest BCUT2D eigenvalue weighted by atomic mass is 9.83. The third-order valence-corrected chi connectivity index (χ3v) is 6.32. The molecule has 1 aliphatic carbocycles. The maximum absolute atomic E-state index is 13.1. The summed E-state index contributed by atoms with van der Waals surface area (Å²) < 4.78 is 26.1. The van der Waals surface area contributed by atoms with Crippen LogP contribution in [0.1, 0.15) is 31.8 Å². The zero-order valence-corrected chi connectivity index (χ0v) is 15.1. The Labute approximate surface area is 159 Å². The molecule has 1 aliphatic rings. The van der Waals surface area contributed by atoms with Crippen molar-refractivity contribution in [1.29, 1.82) is 0 Å². The van der Waals surface area contributed by atoms with E-state index in [4.69, 9.17) is 5.53 Å². The number of hydrogen-bond acceptors (Lipinski definition) is 5. The van der Waals surface area contributed by atoms with Crippen molar-refractivity contribution in [1.82, 2.24) is 0 Å². The SMILES string of the molecule is [N-]=[N+]=Nc1c(S(=O)(=O)c2ccccc2)ccc2c1C(=O)c1ccccc1C2=O. The van der Waals surface area contributed by atoms with Crippen molar-refractivity contribution in [2.75, 3.05) is 0 Å². The van der Waals surface area contributed by atoms with Gasteiger partial charge in [0.2, 0.25) is 9.84 Å². The van der Waals surface area contributed by atoms with Crippen molar-refractivity contribution in [2.45, 2.75) is 9.79 Å². The van der Waals surface area contributed by atoms with Crippen molar-refractivity contribution < 1.29 is 18.0 Å². The van der Waals surface area contributed by atoms with Gasteiger partial charge in [0.25, 0.3) is 0 Å². The summed E-state index contributed by atoms with van der Waals surface area (Å²) in [6, 6.07) is 16.3. The molecule has 0 bridgehead atoms. The number of benzene rings is 3. The van der Waals surface area contributed by atoms with E-state index in [2.05, 4.69) is 10.0 Å². The fourth-order valence-electron chi connectivity index (χ4n) is 3.24. The van der Waals surface area contributed by atoms with Gasteiger partial charge in [-0.05, 0) is 29.8 Å². The molecule has 8 heteroatoms. The Morgan fingerprint density at radius 1 is 0.750 bits per heavy atom. The second-order valence-corrected chi connectivity index (χ2v) is 7.96. The van der Waals surface area contributed by atoms with E-state index in [0.29, 0.717) is 0 Å². The predicted molar refractivity (Wildman–Crippen MR) is 100 cm³/mol. The molecule has 4 rings (SSSR count). The van der Waals surface area contributed by atoms with Gasteiger partial charge in [-0.25, -0.2) is 8.42 Å². The van der Waals surface area contributed by atoms with E-state index < -0.39 is 21.4 Å². The molecule has 3 aromatic carbocycles. The Morgan fingerprint density at radius 2 is 1.36 bits per heavy atom. The van der Waals surface area contributed by atoms with E-state index in [1.54, 1.807) is 30.3 Å². The molecule has 0 heterocycles. The molecule has 28 heavy (non-hydrogen) atoms. The normalized spacial score (nSPS) is 12.7. The number of hydrogen-bond donors (Lipinski definition) is 0. The van der Waals surface area contributed by atoms with E-state index in [1.165, 1.54) is 36.4 Å². The van der Waals surface area contributed by atoms with Crippen LogP contribution in [0, 0.1) is 0 Å². The van der Waals surface area contributed by atoms with E-state index in [0.717, 1.165) is 0 Å². The van der Waals surface area contributed by atoms with Crippen LogP contribution < -0.4 is 0 Å². The zero-order chi connectivity index (χ0) is 19.9. The van der Waals surface area contributed by atoms with Crippen molar-refractivity contribution in [3.63, 3.8) is 0 Å². The molecule has 0 spiro atoms. The Morgan fingerprint density at radius 3 is 2.00 bits per heavy atom. The van der Waals surface area contributed by atoms with Gasteiger partial charge in [0, 0.05) is 27.2 Å². The van der Waals surface area contributed by atoms with E-state index >= 15 is 0 Å². The molecule has 0 saturated carbocycles. The number of rotatable bonds is 3. The molecule has 7 nitrogen and oxygen atoms in total. The van der Waals surface area contributed by atoms with E-state index in [9.17, 15) is 18.0 Å². The molecule has 0 saturated heterocycles. The third-order valence-electron chi connectivity index (χ3n) is 4.52. The standard InChI is InChI=1S/C20H11N3O4S/c21-23-22-18-16(28(26,27)12-6-2-1-3-7-12)11-10-15-17(18)20(25)14-9-5-4-8-13(14)19(15)24/h1-11H. The fraction of sp³-hybridized carbons (Fsp3) is 0. The summed E-state index contributed by atoms with van der Waals surface area (Å²) in [4.78, 5) is 28.2. The second-order valence-electron chi connectivity index (χ2n) is 6.04. The molecule has 0 N–H and O–H groups in total. The summed E-state index contributed by atoms with van der Waals surface area (Å²) in [6.07, 6.45) is 0. The smallest absolute Gasteiger partial charge is 0.207 e. The van der Waals surface area contributed by atoms with Crippen LogP contribution >= 0.6 is 0 Å². The number of ketones is 2. The number of nitrogens with zero attached hydrogens (tertiary/aromatic N) is 3. The first-order valence-corrected chi connectivity index (χ1v) is 9.66. The van der Waals surface area contributed by atoms with Gasteiger partial charge in [-0.15, -0.1) is 0 Å². The van der Waals surface area contributed by atoms with Crippen LogP contribution in [0.25, 0.3) is 10.4 Å². The van der Waals surface area contributed by atoms with Crippen molar-refractivity contribution >= 4 is 27.1 Å². The lowest BCUT2D eigenvalue weighted by molar-refractivity contribution is 0.0979. The largest absolute Gasteiger partial charge is 0.289 e. The lowest BCUT2D eigenvalue weighted by Gasteiger charge is -2.20. The molecule has 0 atom stereocenters. The number of fused-ring (bicyclic) bond motifs is 2. The monoisotopic (exact) mass is 389 g/mol. The summed E-state index contributed by atoms with van der Waals surface area (Å²) in [7, 11) is -4.07. The quantitative estimate of drug-likeness (QED) is 0.296. The summed E-state index contributed by atoms with van der Waals surface area (Å²) in [6.45, 7) is 0. The fourth-order valence-corrected chi connectivity index (χ4v) is 4.65. The topological polar surface area (TPSA) is 117 Å². The molecule has 0 radical (unpaired) electrons. The van der Waals surface area contributed by atoms with E-state index in [1.807, 2.05) is 0 Å². The molecule has 3 aromatic rings. The van der Waals surface area contributed by atoms with Gasteiger partial charge in [-0.3, -0.25) is 9.59 Å². The molecule has 0 unspecified atom stereocenters. The first-order valence-electron chi connectivity index (χ1n) is 8.17. The Hall–Kier alpha value is -3.74. The van der Waals surface area contributed by atoms with Crippen molar-refractivity contribution in [3.8, 4) is 0 Å². The second kappa shape index (κ2) is 6.45. The number of carbonyl (C=O) groups is 2. The van der Waals surface area contributed by atoms with Crippen molar-refractivity contribution in [3.05, 3.63) is 99.4 Å². The minimum atomic E-state index is -4.07. The van der Waals surface area contributed by atoms with Gasteiger partial charge >= 0.3 is 0 Å². The molecule has 0 aromatic heterocycles. The minimum absolute atomic E-state index is 0.0121. The van der Waals surface area contributed by atoms with Crippen LogP contribution in [-0.2, 0) is 9.84 Å². The first kappa shape index (κ1) is 17.7. The molecular formula is C20H11N3O4S. The molecular weight excluding hydrogens is 378 g/mol. The van der Waals surface area contributed by atoms with Gasteiger partial charge in [0.15, 0.2) is 11.6 Å². The van der Waals surface area contributed by atoms with Gasteiger partial charge < -0.3 is 0 Å². The summed E-state index contributed by atoms with van der Waals surface area (Å²) in [5.41, 5.74) is 8.82. The van der Waals surface area contributed by atoms with Crippen LogP contribution in [0.3, 0.4) is 0 Å². The average molecular weight is 389 g/mol. The minimum Gasteiger partial charge on any atom is -0.289 e. The van der Waals surface area contributed by atoms with Crippen molar-refractivity contribution in [2.24, 2.45) is 5.11 Å². The highest BCUT2D eigenvalue weighted by molar-refractivity contribution is 7.91. The molecule has 136 valence electrons. The van der Waals surface area contributed by atoms with Gasteiger partial charge in [-0.1, -0.05) is 47.6 Å². The van der Waals surface area contributed by atoms with Gasteiger partial charge in [-0.2, -0.15) is 0 Å². The Balaban J connectivity index is 2.05. The van der Waals surface area contributed by atoms with Gasteiger partial charge in [0.05, 0.1) is 15.5 Å².